The third-order valence-electron chi connectivity index (χ3n) is 5.71. The zero-order chi connectivity index (χ0) is 20.2. The lowest BCUT2D eigenvalue weighted by molar-refractivity contribution is -0.539. The van der Waals surface area contributed by atoms with Crippen molar-refractivity contribution in [1.29, 1.82) is 0 Å². The number of amidine groups is 1. The van der Waals surface area contributed by atoms with Gasteiger partial charge in [0.15, 0.2) is 5.96 Å². The summed E-state index contributed by atoms with van der Waals surface area (Å²) in [4.78, 5) is 6.25. The first-order valence-corrected chi connectivity index (χ1v) is 11.0. The molecule has 0 bridgehead atoms. The maximum atomic E-state index is 11.2. The van der Waals surface area contributed by atoms with Gasteiger partial charge in [0.25, 0.3) is 5.84 Å². The minimum atomic E-state index is -0.796. The van der Waals surface area contributed by atoms with Gasteiger partial charge in [-0.3, -0.25) is 9.57 Å². The predicted octanol–water partition coefficient (Wildman–Crippen LogP) is -0.274. The Morgan fingerprint density at radius 1 is 1.17 bits per heavy atom. The number of guanidine groups is 1. The molecule has 2 rings (SSSR count). The monoisotopic (exact) mass is 425 g/mol. The number of aliphatic hydroxyl groups is 1. The van der Waals surface area contributed by atoms with Crippen LogP contribution in [-0.4, -0.2) is 58.3 Å². The van der Waals surface area contributed by atoms with Crippen molar-refractivity contribution in [2.75, 3.05) is 26.2 Å². The van der Waals surface area contributed by atoms with Crippen LogP contribution in [0.15, 0.2) is 29.8 Å². The lowest BCUT2D eigenvalue weighted by Crippen LogP contribution is -3.00. The smallest absolute Gasteiger partial charge is 0.274 e. The van der Waals surface area contributed by atoms with Gasteiger partial charge in [0.1, 0.15) is 0 Å². The summed E-state index contributed by atoms with van der Waals surface area (Å²) >= 11 is 0. The van der Waals surface area contributed by atoms with Crippen LogP contribution in [0.25, 0.3) is 0 Å². The first-order valence-electron chi connectivity index (χ1n) is 11.0. The molecule has 0 spiro atoms. The summed E-state index contributed by atoms with van der Waals surface area (Å²) in [7, 11) is 0. The van der Waals surface area contributed by atoms with Gasteiger partial charge in [-0.15, -0.1) is 6.58 Å². The zero-order valence-corrected chi connectivity index (χ0v) is 18.6. The number of hydrogen-bond donors (Lipinski definition) is 3. The van der Waals surface area contributed by atoms with E-state index in [-0.39, 0.29) is 18.4 Å². The molecule has 166 valence electrons. The molecule has 2 aliphatic heterocycles. The fourth-order valence-electron chi connectivity index (χ4n) is 4.15. The lowest BCUT2D eigenvalue weighted by atomic mass is 10.0. The molecule has 0 aromatic rings. The second-order valence-electron chi connectivity index (χ2n) is 8.02. The minimum absolute atomic E-state index is 0. The van der Waals surface area contributed by atoms with Gasteiger partial charge < -0.3 is 29.0 Å². The molecule has 0 saturated carbocycles. The Labute approximate surface area is 182 Å². The largest absolute Gasteiger partial charge is 1.00 e. The molecule has 2 heterocycles. The highest BCUT2D eigenvalue weighted by molar-refractivity contribution is 5.92. The maximum absolute atomic E-state index is 11.2. The van der Waals surface area contributed by atoms with Crippen molar-refractivity contribution < 1.29 is 22.1 Å². The average molecular weight is 426 g/mol. The van der Waals surface area contributed by atoms with E-state index in [4.69, 9.17) is 11.5 Å². The molecule has 0 aromatic heterocycles. The van der Waals surface area contributed by atoms with Crippen molar-refractivity contribution >= 4 is 11.8 Å². The van der Waals surface area contributed by atoms with E-state index in [0.29, 0.717) is 6.54 Å². The number of hydrogen-bond acceptors (Lipinski definition) is 3. The summed E-state index contributed by atoms with van der Waals surface area (Å²) in [5.74, 6) is 1.35. The van der Waals surface area contributed by atoms with Gasteiger partial charge in [0.05, 0.1) is 19.6 Å². The molecule has 0 radical (unpaired) electrons. The number of allylic oxidation sites excluding steroid dienone is 1. The molecular weight excluding hydrogens is 386 g/mol. The van der Waals surface area contributed by atoms with Crippen molar-refractivity contribution in [3.8, 4) is 0 Å². The average Bonchev–Trinajstić information content (AvgIpc) is 3.01. The summed E-state index contributed by atoms with van der Waals surface area (Å²) in [6.07, 6.45) is 18.5. The third-order valence-corrected chi connectivity index (χ3v) is 5.71. The lowest BCUT2D eigenvalue weighted by Gasteiger charge is -2.32. The van der Waals surface area contributed by atoms with Crippen LogP contribution in [0.3, 0.4) is 0 Å². The van der Waals surface area contributed by atoms with Crippen molar-refractivity contribution in [1.82, 2.24) is 4.90 Å². The fourth-order valence-corrected chi connectivity index (χ4v) is 4.15. The first-order chi connectivity index (χ1) is 13.6. The van der Waals surface area contributed by atoms with Gasteiger partial charge in [0, 0.05) is 25.5 Å². The van der Waals surface area contributed by atoms with Gasteiger partial charge in [0.2, 0.25) is 5.72 Å². The van der Waals surface area contributed by atoms with E-state index in [2.05, 4.69) is 27.1 Å². The van der Waals surface area contributed by atoms with E-state index in [1.54, 1.807) is 0 Å². The molecule has 0 amide bonds. The molecule has 6 nitrogen and oxygen atoms in total. The van der Waals surface area contributed by atoms with Crippen molar-refractivity contribution in [3.63, 3.8) is 0 Å². The molecule has 1 unspecified atom stereocenters. The van der Waals surface area contributed by atoms with E-state index < -0.39 is 5.72 Å². The summed E-state index contributed by atoms with van der Waals surface area (Å²) in [5.41, 5.74) is 9.94. The maximum Gasteiger partial charge on any atom is 0.274 e. The van der Waals surface area contributed by atoms with Gasteiger partial charge in [-0.1, -0.05) is 31.8 Å². The highest BCUT2D eigenvalue weighted by Gasteiger charge is 2.46. The molecule has 7 heteroatoms. The Hall–Kier alpha value is -1.53. The van der Waals surface area contributed by atoms with Gasteiger partial charge >= 0.3 is 0 Å². The standard InChI is InChI=1S/C22H40N5O.ClH/c1-2-3-4-5-6-7-8-9-14-22(28)15-13-20-26(18-12-19-27(20)22)17-11-10-16-25-21(23)24;/h2,13,15,28H,1,3-12,14,16-19H2,(H4,23,24,25);1H/q+1;/p-1. The van der Waals surface area contributed by atoms with Crippen LogP contribution in [0.5, 0.6) is 0 Å². The molecule has 0 aliphatic carbocycles. The summed E-state index contributed by atoms with van der Waals surface area (Å²) < 4.78 is 2.40. The Bertz CT molecular complexity index is 586. The Balaban J connectivity index is 0.00000420. The number of halogens is 1. The quantitative estimate of drug-likeness (QED) is 0.117. The number of fused-ring (bicyclic) bond motifs is 1. The molecule has 5 N–H and O–H groups in total. The van der Waals surface area contributed by atoms with Gasteiger partial charge in [-0.25, -0.2) is 4.90 Å². The third kappa shape index (κ3) is 8.39. The van der Waals surface area contributed by atoms with Crippen molar-refractivity contribution in [2.24, 2.45) is 16.5 Å². The second kappa shape index (κ2) is 13.6. The molecule has 0 fully saturated rings. The van der Waals surface area contributed by atoms with Crippen LogP contribution >= 0.6 is 0 Å². The molecule has 29 heavy (non-hydrogen) atoms. The summed E-state index contributed by atoms with van der Waals surface area (Å²) in [6.45, 7) is 7.43. The second-order valence-corrected chi connectivity index (χ2v) is 8.02. The van der Waals surface area contributed by atoms with Crippen molar-refractivity contribution in [2.45, 2.75) is 76.4 Å². The first kappa shape index (κ1) is 25.5. The van der Waals surface area contributed by atoms with Crippen molar-refractivity contribution in [3.05, 3.63) is 24.8 Å². The number of nitrogens with two attached hydrogens (primary N) is 2. The normalized spacial score (nSPS) is 20.4. The topological polar surface area (TPSA) is 90.9 Å². The van der Waals surface area contributed by atoms with Gasteiger partial charge in [-0.2, -0.15) is 0 Å². The van der Waals surface area contributed by atoms with Crippen LogP contribution in [0.4, 0.5) is 0 Å². The van der Waals surface area contributed by atoms with E-state index in [9.17, 15) is 5.11 Å². The molecule has 0 saturated heterocycles. The van der Waals surface area contributed by atoms with E-state index in [1.165, 1.54) is 37.9 Å². The van der Waals surface area contributed by atoms with E-state index in [1.807, 2.05) is 12.2 Å². The van der Waals surface area contributed by atoms with Gasteiger partial charge in [-0.05, 0) is 38.2 Å². The van der Waals surface area contributed by atoms with Crippen LogP contribution in [0.2, 0.25) is 0 Å². The predicted molar refractivity (Wildman–Crippen MR) is 117 cm³/mol. The SMILES string of the molecule is C=CCCCCCCCCC1(O)C=CC2=[N+](CCCCN=C(N)N)CCCN21.[Cl-]. The summed E-state index contributed by atoms with van der Waals surface area (Å²) in [6, 6.07) is 0. The van der Waals surface area contributed by atoms with Crippen LogP contribution < -0.4 is 23.9 Å². The van der Waals surface area contributed by atoms with E-state index in [0.717, 1.165) is 58.2 Å². The Morgan fingerprint density at radius 2 is 1.90 bits per heavy atom. The number of unbranched alkanes of at least 4 members (excludes halogenated alkanes) is 7. The fraction of sp³-hybridized carbons (Fsp3) is 0.727. The highest BCUT2D eigenvalue weighted by atomic mass is 35.5. The number of nitrogens with zero attached hydrogens (tertiary/aromatic N) is 3. The van der Waals surface area contributed by atoms with Crippen LogP contribution in [-0.2, 0) is 0 Å². The number of rotatable bonds is 14. The highest BCUT2D eigenvalue weighted by Crippen LogP contribution is 2.30. The number of aliphatic imine (C=N–C) groups is 1. The molecule has 1 atom stereocenters. The van der Waals surface area contributed by atoms with Crippen LogP contribution in [0, 0.1) is 0 Å². The minimum Gasteiger partial charge on any atom is -1.00 e. The Morgan fingerprint density at radius 3 is 2.62 bits per heavy atom. The summed E-state index contributed by atoms with van der Waals surface area (Å²) in [5, 5.41) is 11.2. The van der Waals surface area contributed by atoms with E-state index >= 15 is 0 Å². The molecule has 0 aromatic carbocycles. The molecule has 2 aliphatic rings. The molecular formula is C22H40ClN5O. The Kier molecular flexibility index (Phi) is 12.0. The van der Waals surface area contributed by atoms with Crippen LogP contribution in [0.1, 0.15) is 70.6 Å². The zero-order valence-electron chi connectivity index (χ0n) is 17.9.